The van der Waals surface area contributed by atoms with Crippen LogP contribution in [0.3, 0.4) is 0 Å². The van der Waals surface area contributed by atoms with E-state index in [0.29, 0.717) is 13.0 Å². The Kier molecular flexibility index (Phi) is 4.08. The fourth-order valence-electron chi connectivity index (χ4n) is 3.72. The number of aryl methyl sites for hydroxylation is 1. The largest absolute Gasteiger partial charge is 0.349 e. The maximum Gasteiger partial charge on any atom is 0.235 e. The number of imide groups is 1. The molecular weight excluding hydrogens is 266 g/mol. The Hall–Kier alpha value is -1.65. The molecule has 0 atom stereocenters. The van der Waals surface area contributed by atoms with E-state index in [-0.39, 0.29) is 17.2 Å². The Balaban J connectivity index is 1.60. The van der Waals surface area contributed by atoms with Crippen LogP contribution in [0.2, 0.25) is 0 Å². The van der Waals surface area contributed by atoms with Gasteiger partial charge in [0, 0.05) is 31.8 Å². The molecule has 1 aliphatic heterocycles. The topological polar surface area (TPSA) is 66.1 Å². The van der Waals surface area contributed by atoms with Gasteiger partial charge < -0.3 is 4.98 Å². The van der Waals surface area contributed by atoms with Crippen molar-refractivity contribution in [3.63, 3.8) is 0 Å². The van der Waals surface area contributed by atoms with E-state index in [1.807, 2.05) is 0 Å². The van der Waals surface area contributed by atoms with Gasteiger partial charge >= 0.3 is 0 Å². The quantitative estimate of drug-likeness (QED) is 0.866. The highest BCUT2D eigenvalue weighted by Gasteiger charge is 2.50. The molecule has 5 nitrogen and oxygen atoms in total. The van der Waals surface area contributed by atoms with Gasteiger partial charge in [-0.1, -0.05) is 25.7 Å². The molecule has 114 valence electrons. The monoisotopic (exact) mass is 289 g/mol. The number of amides is 2. The van der Waals surface area contributed by atoms with E-state index in [2.05, 4.69) is 9.97 Å². The van der Waals surface area contributed by atoms with Crippen molar-refractivity contribution in [3.8, 4) is 0 Å². The minimum Gasteiger partial charge on any atom is -0.349 e. The summed E-state index contributed by atoms with van der Waals surface area (Å²) in [6.07, 6.45) is 11.9. The van der Waals surface area contributed by atoms with Crippen molar-refractivity contribution in [1.29, 1.82) is 0 Å². The fraction of sp³-hybridized carbons (Fsp3) is 0.688. The molecule has 3 rings (SSSR count). The van der Waals surface area contributed by atoms with Crippen molar-refractivity contribution in [3.05, 3.63) is 18.2 Å². The van der Waals surface area contributed by atoms with Gasteiger partial charge in [-0.15, -0.1) is 0 Å². The lowest BCUT2D eigenvalue weighted by Gasteiger charge is -2.24. The van der Waals surface area contributed by atoms with Crippen LogP contribution in [0.1, 0.15) is 57.2 Å². The molecule has 1 N–H and O–H groups in total. The summed E-state index contributed by atoms with van der Waals surface area (Å²) < 4.78 is 0. The van der Waals surface area contributed by atoms with Crippen molar-refractivity contribution < 1.29 is 9.59 Å². The molecule has 2 fully saturated rings. The number of nitrogens with one attached hydrogen (secondary N) is 1. The van der Waals surface area contributed by atoms with E-state index in [1.165, 1.54) is 17.7 Å². The van der Waals surface area contributed by atoms with Crippen LogP contribution in [0.25, 0.3) is 0 Å². The van der Waals surface area contributed by atoms with Crippen molar-refractivity contribution in [2.75, 3.05) is 6.54 Å². The molecule has 0 unspecified atom stereocenters. The van der Waals surface area contributed by atoms with Crippen molar-refractivity contribution in [2.45, 2.75) is 57.8 Å². The minimum atomic E-state index is -0.363. The molecular formula is C16H23N3O2. The van der Waals surface area contributed by atoms with E-state index in [0.717, 1.165) is 44.3 Å². The van der Waals surface area contributed by atoms with Gasteiger partial charge in [0.15, 0.2) is 0 Å². The molecule has 0 aromatic carbocycles. The van der Waals surface area contributed by atoms with E-state index >= 15 is 0 Å². The van der Waals surface area contributed by atoms with Crippen molar-refractivity contribution in [2.24, 2.45) is 5.41 Å². The number of nitrogens with zero attached hydrogens (tertiary/aromatic N) is 2. The van der Waals surface area contributed by atoms with Gasteiger partial charge in [0.25, 0.3) is 0 Å². The SMILES string of the molecule is O=C1CC2(CCCCCC2)C(=O)N1CCCc1ncc[nH]1. The van der Waals surface area contributed by atoms with Crippen molar-refractivity contribution >= 4 is 11.8 Å². The smallest absolute Gasteiger partial charge is 0.235 e. The van der Waals surface area contributed by atoms with E-state index in [9.17, 15) is 9.59 Å². The van der Waals surface area contributed by atoms with Crippen LogP contribution in [0.4, 0.5) is 0 Å². The zero-order chi connectivity index (χ0) is 14.7. The summed E-state index contributed by atoms with van der Waals surface area (Å²) in [5.74, 6) is 1.04. The molecule has 1 saturated heterocycles. The fourth-order valence-corrected chi connectivity index (χ4v) is 3.72. The molecule has 1 aromatic heterocycles. The van der Waals surface area contributed by atoms with Gasteiger partial charge in [0.05, 0.1) is 5.41 Å². The first-order valence-electron chi connectivity index (χ1n) is 8.04. The number of imidazole rings is 1. The number of rotatable bonds is 4. The Bertz CT molecular complexity index is 502. The first kappa shape index (κ1) is 14.3. The molecule has 2 amide bonds. The van der Waals surface area contributed by atoms with Crippen LogP contribution in [0.15, 0.2) is 12.4 Å². The first-order chi connectivity index (χ1) is 10.2. The maximum absolute atomic E-state index is 12.7. The van der Waals surface area contributed by atoms with Crippen molar-refractivity contribution in [1.82, 2.24) is 14.9 Å². The molecule has 0 bridgehead atoms. The summed E-state index contributed by atoms with van der Waals surface area (Å²) in [5, 5.41) is 0. The average molecular weight is 289 g/mol. The highest BCUT2D eigenvalue weighted by atomic mass is 16.2. The highest BCUT2D eigenvalue weighted by Crippen LogP contribution is 2.44. The molecule has 1 spiro atoms. The lowest BCUT2D eigenvalue weighted by atomic mass is 9.79. The normalized spacial score (nSPS) is 22.0. The Morgan fingerprint density at radius 1 is 1.19 bits per heavy atom. The molecule has 1 aliphatic carbocycles. The Labute approximate surface area is 125 Å². The van der Waals surface area contributed by atoms with Gasteiger partial charge in [0.2, 0.25) is 11.8 Å². The third kappa shape index (κ3) is 2.87. The van der Waals surface area contributed by atoms with Crippen LogP contribution >= 0.6 is 0 Å². The molecule has 2 aliphatic rings. The zero-order valence-corrected chi connectivity index (χ0v) is 12.4. The molecule has 1 aromatic rings. The van der Waals surface area contributed by atoms with Gasteiger partial charge in [-0.2, -0.15) is 0 Å². The molecule has 1 saturated carbocycles. The summed E-state index contributed by atoms with van der Waals surface area (Å²) >= 11 is 0. The van der Waals surface area contributed by atoms with E-state index in [4.69, 9.17) is 0 Å². The second kappa shape index (κ2) is 6.00. The third-order valence-corrected chi connectivity index (χ3v) is 4.90. The van der Waals surface area contributed by atoms with E-state index < -0.39 is 0 Å². The Morgan fingerprint density at radius 2 is 1.95 bits per heavy atom. The summed E-state index contributed by atoms with van der Waals surface area (Å²) in [6, 6.07) is 0. The summed E-state index contributed by atoms with van der Waals surface area (Å²) in [4.78, 5) is 33.7. The number of H-pyrrole nitrogens is 1. The second-order valence-electron chi connectivity index (χ2n) is 6.36. The average Bonchev–Trinajstić information content (AvgIpc) is 2.97. The predicted molar refractivity (Wildman–Crippen MR) is 78.4 cm³/mol. The lowest BCUT2D eigenvalue weighted by molar-refractivity contribution is -0.141. The summed E-state index contributed by atoms with van der Waals surface area (Å²) in [6.45, 7) is 0.528. The van der Waals surface area contributed by atoms with Crippen LogP contribution in [0, 0.1) is 5.41 Å². The molecule has 21 heavy (non-hydrogen) atoms. The molecule has 5 heteroatoms. The van der Waals surface area contributed by atoms with Crippen LogP contribution in [-0.4, -0.2) is 33.2 Å². The molecule has 2 heterocycles. The van der Waals surface area contributed by atoms with Gasteiger partial charge in [-0.25, -0.2) is 4.98 Å². The van der Waals surface area contributed by atoms with E-state index in [1.54, 1.807) is 12.4 Å². The van der Waals surface area contributed by atoms with Gasteiger partial charge in [-0.3, -0.25) is 14.5 Å². The van der Waals surface area contributed by atoms with Gasteiger partial charge in [-0.05, 0) is 19.3 Å². The molecule has 0 radical (unpaired) electrons. The number of aromatic nitrogens is 2. The number of likely N-dealkylation sites (tertiary alicyclic amines) is 1. The standard InChI is InChI=1S/C16H23N3O2/c20-14-12-16(7-3-1-2-4-8-16)15(21)19(14)11-5-6-13-17-9-10-18-13/h9-10H,1-8,11-12H2,(H,17,18). The number of carbonyl (C=O) groups excluding carboxylic acids is 2. The third-order valence-electron chi connectivity index (χ3n) is 4.90. The highest BCUT2D eigenvalue weighted by molar-refractivity contribution is 6.05. The Morgan fingerprint density at radius 3 is 2.62 bits per heavy atom. The van der Waals surface area contributed by atoms with Crippen LogP contribution in [-0.2, 0) is 16.0 Å². The lowest BCUT2D eigenvalue weighted by Crippen LogP contribution is -2.36. The van der Waals surface area contributed by atoms with Crippen LogP contribution in [0.5, 0.6) is 0 Å². The van der Waals surface area contributed by atoms with Crippen LogP contribution < -0.4 is 0 Å². The second-order valence-corrected chi connectivity index (χ2v) is 6.36. The minimum absolute atomic E-state index is 0.0290. The number of hydrogen-bond acceptors (Lipinski definition) is 3. The maximum atomic E-state index is 12.7. The zero-order valence-electron chi connectivity index (χ0n) is 12.4. The number of carbonyl (C=O) groups is 2. The first-order valence-corrected chi connectivity index (χ1v) is 8.04. The number of aromatic amines is 1. The summed E-state index contributed by atoms with van der Waals surface area (Å²) in [5.41, 5.74) is -0.363. The number of hydrogen-bond donors (Lipinski definition) is 1. The summed E-state index contributed by atoms with van der Waals surface area (Å²) in [7, 11) is 0. The van der Waals surface area contributed by atoms with Gasteiger partial charge in [0.1, 0.15) is 5.82 Å². The predicted octanol–water partition coefficient (Wildman–Crippen LogP) is 2.44.